The largest absolute Gasteiger partial charge is 0.477 e. The molecule has 2 aliphatic heterocycles. The molecule has 1 saturated heterocycles. The van der Waals surface area contributed by atoms with Gasteiger partial charge in [0.2, 0.25) is 0 Å². The minimum Gasteiger partial charge on any atom is -0.456 e. The zero-order valence-electron chi connectivity index (χ0n) is 14.6. The van der Waals surface area contributed by atoms with Crippen molar-refractivity contribution in [2.45, 2.75) is 50.4 Å². The Morgan fingerprint density at radius 3 is 2.74 bits per heavy atom. The van der Waals surface area contributed by atoms with E-state index < -0.39 is 30.3 Å². The zero-order chi connectivity index (χ0) is 19.0. The molecule has 1 saturated carbocycles. The second kappa shape index (κ2) is 6.91. The summed E-state index contributed by atoms with van der Waals surface area (Å²) in [6.07, 6.45) is 3.98. The predicted molar refractivity (Wildman–Crippen MR) is 88.1 cm³/mol. The van der Waals surface area contributed by atoms with Crippen LogP contribution in [0.2, 0.25) is 0 Å². The van der Waals surface area contributed by atoms with Crippen molar-refractivity contribution >= 4 is 17.7 Å². The van der Waals surface area contributed by atoms with Gasteiger partial charge in [0, 0.05) is 18.9 Å². The number of fused-ring (bicyclic) bond motifs is 2. The first-order chi connectivity index (χ1) is 12.9. The van der Waals surface area contributed by atoms with Crippen molar-refractivity contribution in [1.82, 2.24) is 19.7 Å². The summed E-state index contributed by atoms with van der Waals surface area (Å²) in [5.41, 5.74) is 0.670. The number of esters is 1. The topological polar surface area (TPSA) is 76.9 Å². The van der Waals surface area contributed by atoms with Gasteiger partial charge in [-0.2, -0.15) is 23.8 Å². The third-order valence-electron chi connectivity index (χ3n) is 4.98. The van der Waals surface area contributed by atoms with Crippen molar-refractivity contribution in [3.8, 4) is 0 Å². The molecule has 1 atom stereocenters. The van der Waals surface area contributed by atoms with E-state index >= 15 is 0 Å². The van der Waals surface area contributed by atoms with Crippen molar-refractivity contribution < 1.29 is 27.9 Å². The van der Waals surface area contributed by atoms with E-state index in [1.165, 1.54) is 4.90 Å². The van der Waals surface area contributed by atoms with Gasteiger partial charge in [-0.1, -0.05) is 6.42 Å². The van der Waals surface area contributed by atoms with E-state index in [2.05, 4.69) is 9.94 Å². The van der Waals surface area contributed by atoms with Crippen LogP contribution in [0.4, 0.5) is 13.6 Å². The molecule has 10 heteroatoms. The van der Waals surface area contributed by atoms with E-state index in [9.17, 15) is 18.4 Å². The molecule has 146 valence electrons. The van der Waals surface area contributed by atoms with Gasteiger partial charge < -0.3 is 9.64 Å². The maximum absolute atomic E-state index is 14.3. The van der Waals surface area contributed by atoms with Crippen LogP contribution in [0.15, 0.2) is 24.5 Å². The number of nitrogens with zero attached hydrogens (tertiary/aromatic N) is 4. The lowest BCUT2D eigenvalue weighted by Gasteiger charge is -2.27. The molecular weight excluding hydrogens is 362 g/mol. The number of halogens is 2. The molecular formula is C17H20F2N4O4. The van der Waals surface area contributed by atoms with E-state index in [0.29, 0.717) is 23.6 Å². The quantitative estimate of drug-likeness (QED) is 0.730. The summed E-state index contributed by atoms with van der Waals surface area (Å²) in [4.78, 5) is 30.2. The Labute approximate surface area is 154 Å². The highest BCUT2D eigenvalue weighted by Crippen LogP contribution is 2.31. The molecule has 2 fully saturated rings. The summed E-state index contributed by atoms with van der Waals surface area (Å²) < 4.78 is 35.0. The molecule has 8 nitrogen and oxygen atoms in total. The molecule has 0 aromatic carbocycles. The fourth-order valence-electron chi connectivity index (χ4n) is 3.64. The molecule has 0 radical (unpaired) electrons. The highest BCUT2D eigenvalue weighted by atomic mass is 19.3. The van der Waals surface area contributed by atoms with Crippen molar-refractivity contribution in [3.63, 3.8) is 0 Å². The van der Waals surface area contributed by atoms with Crippen molar-refractivity contribution in [2.75, 3.05) is 13.1 Å². The summed E-state index contributed by atoms with van der Waals surface area (Å²) >= 11 is 0. The minimum absolute atomic E-state index is 0.206. The fraction of sp³-hybridized carbons (Fsp3) is 0.588. The van der Waals surface area contributed by atoms with Crippen LogP contribution in [0.3, 0.4) is 0 Å². The number of amides is 2. The van der Waals surface area contributed by atoms with Gasteiger partial charge in [-0.3, -0.25) is 0 Å². The monoisotopic (exact) mass is 382 g/mol. The zero-order valence-corrected chi connectivity index (χ0v) is 14.6. The van der Waals surface area contributed by atoms with Crippen molar-refractivity contribution in [1.29, 1.82) is 0 Å². The lowest BCUT2D eigenvalue weighted by molar-refractivity contribution is -0.328. The highest BCUT2D eigenvalue weighted by molar-refractivity contribution is 5.81. The highest BCUT2D eigenvalue weighted by Gasteiger charge is 2.52. The number of aromatic nitrogens is 2. The second-order valence-electron chi connectivity index (χ2n) is 6.94. The Bertz CT molecular complexity index is 746. The van der Waals surface area contributed by atoms with Gasteiger partial charge in [-0.25, -0.2) is 14.3 Å². The first-order valence-electron chi connectivity index (χ1n) is 9.01. The lowest BCUT2D eigenvalue weighted by Crippen LogP contribution is -2.45. The third-order valence-corrected chi connectivity index (χ3v) is 4.98. The number of carbonyl (C=O) groups excluding carboxylic acids is 2. The number of carbonyl (C=O) groups is 2. The van der Waals surface area contributed by atoms with E-state index in [1.54, 1.807) is 29.2 Å². The van der Waals surface area contributed by atoms with Gasteiger partial charge in [0.25, 0.3) is 0 Å². The Hall–Kier alpha value is -2.49. The number of hydrogen-bond acceptors (Lipinski definition) is 5. The fourth-order valence-corrected chi connectivity index (χ4v) is 3.64. The molecule has 2 bridgehead atoms. The summed E-state index contributed by atoms with van der Waals surface area (Å²) in [6, 6.07) is 0.264. The molecule has 1 aliphatic carbocycles. The van der Waals surface area contributed by atoms with Gasteiger partial charge in [0.05, 0.1) is 18.3 Å². The maximum atomic E-state index is 14.3. The normalized spacial score (nSPS) is 23.6. The van der Waals surface area contributed by atoms with E-state index in [-0.39, 0.29) is 13.1 Å². The van der Waals surface area contributed by atoms with Crippen LogP contribution >= 0.6 is 0 Å². The summed E-state index contributed by atoms with van der Waals surface area (Å²) in [7, 11) is 0. The van der Waals surface area contributed by atoms with Crippen molar-refractivity contribution in [2.24, 2.45) is 0 Å². The van der Waals surface area contributed by atoms with Crippen LogP contribution in [0.1, 0.15) is 32.1 Å². The number of urea groups is 1. The first kappa shape index (κ1) is 17.9. The number of rotatable bonds is 5. The van der Waals surface area contributed by atoms with Crippen LogP contribution in [0, 0.1) is 0 Å². The standard InChI is InChI=1S/C17H20F2N4O4/c18-17(19,15(24)26-14-5-2-1-3-6-14)27-23-13-9-12(22-8-4-7-20-22)10-21(11-13)16(23)25/h4,7-9,13-14H,1-3,5-6,10-11H2. The van der Waals surface area contributed by atoms with Gasteiger partial charge >= 0.3 is 18.1 Å². The third kappa shape index (κ3) is 3.53. The van der Waals surface area contributed by atoms with Crippen molar-refractivity contribution in [3.05, 3.63) is 24.5 Å². The molecule has 27 heavy (non-hydrogen) atoms. The SMILES string of the molecule is O=C1N2CC(n3cccn3)=CC(C2)N1OC(F)(F)C(=O)OC1CCCCC1. The van der Waals surface area contributed by atoms with E-state index in [4.69, 9.17) is 4.74 Å². The maximum Gasteiger partial charge on any atom is 0.477 e. The molecule has 1 unspecified atom stereocenters. The molecule has 0 N–H and O–H groups in total. The van der Waals surface area contributed by atoms with Gasteiger partial charge in [0.1, 0.15) is 6.10 Å². The number of alkyl halides is 2. The molecule has 3 heterocycles. The Morgan fingerprint density at radius 2 is 2.04 bits per heavy atom. The minimum atomic E-state index is -4.23. The van der Waals surface area contributed by atoms with Crippen LogP contribution in [-0.4, -0.2) is 63.1 Å². The van der Waals surface area contributed by atoms with Crippen LogP contribution in [0.5, 0.6) is 0 Å². The summed E-state index contributed by atoms with van der Waals surface area (Å²) in [5.74, 6) is -1.75. The number of hydroxylamine groups is 2. The first-order valence-corrected chi connectivity index (χ1v) is 9.01. The molecule has 4 rings (SSSR count). The smallest absolute Gasteiger partial charge is 0.456 e. The van der Waals surface area contributed by atoms with Crippen LogP contribution in [0.25, 0.3) is 5.70 Å². The molecule has 0 spiro atoms. The molecule has 1 aromatic rings. The predicted octanol–water partition coefficient (Wildman–Crippen LogP) is 2.24. The summed E-state index contributed by atoms with van der Waals surface area (Å²) in [5, 5.41) is 4.64. The molecule has 1 aromatic heterocycles. The van der Waals surface area contributed by atoms with E-state index in [1.807, 2.05) is 0 Å². The Kier molecular flexibility index (Phi) is 4.58. The number of ether oxygens (including phenoxy) is 1. The molecule has 3 aliphatic rings. The van der Waals surface area contributed by atoms with Gasteiger partial charge in [-0.05, 0) is 37.8 Å². The average Bonchev–Trinajstić information content (AvgIpc) is 3.26. The van der Waals surface area contributed by atoms with Crippen LogP contribution in [-0.2, 0) is 14.4 Å². The van der Waals surface area contributed by atoms with Gasteiger partial charge in [-0.15, -0.1) is 0 Å². The Balaban J connectivity index is 1.44. The van der Waals surface area contributed by atoms with Gasteiger partial charge in [0.15, 0.2) is 0 Å². The summed E-state index contributed by atoms with van der Waals surface area (Å²) in [6.45, 7) is 0.423. The van der Waals surface area contributed by atoms with Crippen LogP contribution < -0.4 is 0 Å². The molecule has 2 amide bonds. The lowest BCUT2D eigenvalue weighted by atomic mass is 9.98. The Morgan fingerprint density at radius 1 is 1.26 bits per heavy atom. The second-order valence-corrected chi connectivity index (χ2v) is 6.94. The average molecular weight is 382 g/mol. The number of hydrogen-bond donors (Lipinski definition) is 0. The van der Waals surface area contributed by atoms with E-state index in [0.717, 1.165) is 19.3 Å².